The minimum atomic E-state index is -1.50. The highest BCUT2D eigenvalue weighted by atomic mass is 28.5. The van der Waals surface area contributed by atoms with Crippen molar-refractivity contribution >= 4 is 72.7 Å². The normalized spacial score (nSPS) is 20.1. The van der Waals surface area contributed by atoms with Gasteiger partial charge in [-0.25, -0.2) is 0 Å². The van der Waals surface area contributed by atoms with E-state index in [4.69, 9.17) is 0 Å². The van der Waals surface area contributed by atoms with E-state index >= 15 is 0 Å². The lowest BCUT2D eigenvalue weighted by Crippen LogP contribution is -2.68. The van der Waals surface area contributed by atoms with Crippen molar-refractivity contribution in [2.75, 3.05) is 0 Å². The lowest BCUT2D eigenvalue weighted by atomic mass is 10.1. The molecular weight excluding hydrogens is 649 g/mol. The zero-order chi connectivity index (χ0) is 34.1. The monoisotopic (exact) mass is 730 g/mol. The maximum absolute atomic E-state index is 2.89. The Hall–Kier alpha value is 1.69. The fraction of sp³-hybridized carbons (Fsp3) is 0.939. The predicted octanol–water partition coefficient (Wildman–Crippen LogP) is 13.6. The molecule has 0 atom stereocenters. The summed E-state index contributed by atoms with van der Waals surface area (Å²) in [6.07, 6.45) is 1.52. The van der Waals surface area contributed by atoms with Gasteiger partial charge in [-0.05, 0) is 28.8 Å². The highest BCUT2D eigenvalue weighted by Gasteiger charge is 2.64. The van der Waals surface area contributed by atoms with Crippen LogP contribution in [0.5, 0.6) is 0 Å². The second-order valence-corrected chi connectivity index (χ2v) is 75.2. The molecule has 0 saturated carbocycles. The molecule has 1 aliphatic heterocycles. The first-order chi connectivity index (χ1) is 17.9. The summed E-state index contributed by atoms with van der Waals surface area (Å²) < 4.78 is 0.687. The van der Waals surface area contributed by atoms with Gasteiger partial charge in [0, 0.05) is 64.6 Å². The largest absolute Gasteiger partial charge is 0.0766 e. The van der Waals surface area contributed by atoms with Gasteiger partial charge in [0.15, 0.2) is 0 Å². The van der Waals surface area contributed by atoms with Crippen LogP contribution >= 0.6 is 0 Å². The van der Waals surface area contributed by atoms with Crippen molar-refractivity contribution in [3.63, 3.8) is 0 Å². The van der Waals surface area contributed by atoms with Crippen LogP contribution in [0.25, 0.3) is 0 Å². The van der Waals surface area contributed by atoms with Crippen LogP contribution in [0.15, 0.2) is 11.1 Å². The molecule has 0 unspecified atom stereocenters. The second-order valence-electron chi connectivity index (χ2n) is 23.5. The van der Waals surface area contributed by atoms with Crippen LogP contribution in [-0.4, -0.2) is 72.7 Å². The molecule has 1 aliphatic rings. The van der Waals surface area contributed by atoms with Crippen molar-refractivity contribution in [2.45, 2.75) is 196 Å². The topological polar surface area (TPSA) is 0 Å². The van der Waals surface area contributed by atoms with Gasteiger partial charge < -0.3 is 0 Å². The van der Waals surface area contributed by atoms with Crippen LogP contribution < -0.4 is 0 Å². The second kappa shape index (κ2) is 12.3. The van der Waals surface area contributed by atoms with Gasteiger partial charge >= 0.3 is 0 Å². The molecule has 0 aromatic carbocycles. The molecule has 0 aromatic rings. The van der Waals surface area contributed by atoms with Gasteiger partial charge in [0.1, 0.15) is 0 Å². The number of allylic oxidation sites excluding steroid dienone is 2. The maximum atomic E-state index is 2.89. The lowest BCUT2D eigenvalue weighted by molar-refractivity contribution is 0.807. The summed E-state index contributed by atoms with van der Waals surface area (Å²) in [5.74, 6) is 0. The Morgan fingerprint density at radius 3 is 0.976 bits per heavy atom. The number of hydrogen-bond donors (Lipinski definition) is 0. The Labute approximate surface area is 277 Å². The molecule has 1 heterocycles. The van der Waals surface area contributed by atoms with E-state index in [2.05, 4.69) is 168 Å². The molecule has 250 valence electrons. The van der Waals surface area contributed by atoms with Crippen molar-refractivity contribution in [1.82, 2.24) is 0 Å². The zero-order valence-electron chi connectivity index (χ0n) is 34.0. The van der Waals surface area contributed by atoms with Gasteiger partial charge in [-0.15, -0.1) is 0 Å². The SMILES string of the molecule is C[Si](C)(C)C([Si](C)(C)C)[Si](C)(C)CC1=C(C[Si](C)(C)C([Si](C)(C)C)[Si](C)(C)C)C[Si](C)(C)C([Si](C)(C)C)([Si](C)(C)C)C1. The Balaban J connectivity index is 4.13. The molecule has 0 amide bonds. The molecule has 0 nitrogen and oxygen atoms in total. The van der Waals surface area contributed by atoms with E-state index in [1.165, 1.54) is 24.6 Å². The molecule has 0 fully saturated rings. The predicted molar refractivity (Wildman–Crippen MR) is 229 cm³/mol. The van der Waals surface area contributed by atoms with Gasteiger partial charge in [0.25, 0.3) is 0 Å². The molecule has 1 rings (SSSR count). The van der Waals surface area contributed by atoms with Crippen LogP contribution in [-0.2, 0) is 0 Å². The van der Waals surface area contributed by atoms with Gasteiger partial charge in [0.2, 0.25) is 0 Å². The minimum Gasteiger partial charge on any atom is -0.0766 e. The molecule has 0 spiro atoms. The lowest BCUT2D eigenvalue weighted by Gasteiger charge is -2.64. The highest BCUT2D eigenvalue weighted by molar-refractivity contribution is 7.16. The molecule has 0 radical (unpaired) electrons. The average molecular weight is 732 g/mol. The van der Waals surface area contributed by atoms with E-state index in [9.17, 15) is 0 Å². The van der Waals surface area contributed by atoms with E-state index in [1.54, 1.807) is 0 Å². The minimum absolute atomic E-state index is 0.687. The van der Waals surface area contributed by atoms with Crippen molar-refractivity contribution in [3.8, 4) is 0 Å². The van der Waals surface area contributed by atoms with Crippen LogP contribution in [0, 0.1) is 0 Å². The highest BCUT2D eigenvalue weighted by Crippen LogP contribution is 2.64. The summed E-state index contributed by atoms with van der Waals surface area (Å²) in [6, 6.07) is 4.59. The molecule has 0 aromatic heterocycles. The molecule has 0 N–H and O–H groups in total. The third-order valence-electron chi connectivity index (χ3n) is 11.7. The van der Waals surface area contributed by atoms with Crippen LogP contribution in [0.2, 0.25) is 189 Å². The Morgan fingerprint density at radius 2 is 0.738 bits per heavy atom. The molecule has 0 saturated heterocycles. The Kier molecular flexibility index (Phi) is 12.2. The first-order valence-corrected chi connectivity index (χ1v) is 48.6. The van der Waals surface area contributed by atoms with E-state index in [-0.39, 0.29) is 0 Å². The van der Waals surface area contributed by atoms with E-state index in [0.29, 0.717) is 4.28 Å². The summed E-state index contributed by atoms with van der Waals surface area (Å²) in [6.45, 7) is 66.7. The summed E-state index contributed by atoms with van der Waals surface area (Å²) in [7, 11) is -12.3. The number of rotatable bonds is 12. The quantitative estimate of drug-likeness (QED) is 0.138. The zero-order valence-corrected chi connectivity index (χ0v) is 43.0. The van der Waals surface area contributed by atoms with Crippen LogP contribution in [0.4, 0.5) is 0 Å². The van der Waals surface area contributed by atoms with E-state index in [0.717, 1.165) is 9.58 Å². The van der Waals surface area contributed by atoms with Crippen molar-refractivity contribution in [3.05, 3.63) is 11.1 Å². The molecule has 9 heteroatoms. The van der Waals surface area contributed by atoms with Crippen LogP contribution in [0.1, 0.15) is 6.42 Å². The first kappa shape index (κ1) is 41.7. The molecule has 0 aliphatic carbocycles. The fourth-order valence-electron chi connectivity index (χ4n) is 14.1. The number of hydrogen-bond acceptors (Lipinski definition) is 0. The molecular formula is C33H82Si9. The summed E-state index contributed by atoms with van der Waals surface area (Å²) in [4.78, 5) is 2.16. The first-order valence-electron chi connectivity index (χ1n) is 17.6. The smallest absolute Gasteiger partial charge is 0.0526 e. The van der Waals surface area contributed by atoms with Gasteiger partial charge in [-0.3, -0.25) is 0 Å². The maximum Gasteiger partial charge on any atom is 0.0526 e. The van der Waals surface area contributed by atoms with Gasteiger partial charge in [-0.1, -0.05) is 178 Å². The average Bonchev–Trinajstić information content (AvgIpc) is 2.54. The van der Waals surface area contributed by atoms with E-state index in [1.807, 2.05) is 0 Å². The summed E-state index contributed by atoms with van der Waals surface area (Å²) in [5.41, 5.74) is 4.15. The fourth-order valence-corrected chi connectivity index (χ4v) is 107. The van der Waals surface area contributed by atoms with Gasteiger partial charge in [0.05, 0.1) is 8.07 Å². The summed E-state index contributed by atoms with van der Waals surface area (Å²) in [5, 5.41) is 0. The Morgan fingerprint density at radius 1 is 0.476 bits per heavy atom. The van der Waals surface area contributed by atoms with Crippen molar-refractivity contribution in [2.24, 2.45) is 0 Å². The molecule has 42 heavy (non-hydrogen) atoms. The standard InChI is InChI=1S/C33H82Si9/c1-34(2,3)31(35(4,5)6)40(19,20)26-29-25-33(38(13,14)15,39(16,17)18)42(23,24)28-30(29)27-41(21,22)32(36(7,8)9)37(10,11)12/h31-32H,25-28H2,1-24H3. The third-order valence-corrected chi connectivity index (χ3v) is 76.9. The summed E-state index contributed by atoms with van der Waals surface area (Å²) >= 11 is 0. The van der Waals surface area contributed by atoms with Gasteiger partial charge in [-0.2, -0.15) is 0 Å². The Bertz CT molecular complexity index is 937. The van der Waals surface area contributed by atoms with E-state index < -0.39 is 72.7 Å². The van der Waals surface area contributed by atoms with Crippen molar-refractivity contribution in [1.29, 1.82) is 0 Å². The third kappa shape index (κ3) is 8.78. The van der Waals surface area contributed by atoms with Crippen LogP contribution in [0.3, 0.4) is 0 Å². The molecule has 0 bridgehead atoms. The van der Waals surface area contributed by atoms with Crippen molar-refractivity contribution < 1.29 is 0 Å².